The average molecular weight is 393 g/mol. The second kappa shape index (κ2) is 15.3. The predicted molar refractivity (Wildman–Crippen MR) is 113 cm³/mol. The van der Waals surface area contributed by atoms with Gasteiger partial charge in [0.1, 0.15) is 5.75 Å². The highest BCUT2D eigenvalue weighted by molar-refractivity contribution is 5.83. The fourth-order valence-electron chi connectivity index (χ4n) is 2.67. The molecule has 0 heterocycles. The molecule has 6 heteroatoms. The van der Waals surface area contributed by atoms with E-state index < -0.39 is 0 Å². The fraction of sp³-hybridized carbons (Fsp3) is 0.182. The van der Waals surface area contributed by atoms with E-state index in [2.05, 4.69) is 85.8 Å². The summed E-state index contributed by atoms with van der Waals surface area (Å²) in [4.78, 5) is 0. The van der Waals surface area contributed by atoms with Crippen molar-refractivity contribution in [1.82, 2.24) is 0 Å². The number of halogens is 4. The molecule has 3 aromatic carbocycles. The molecule has 0 atom stereocenters. The molecular weight excluding hydrogens is 367 g/mol. The van der Waals surface area contributed by atoms with Gasteiger partial charge in [0.2, 0.25) is 0 Å². The van der Waals surface area contributed by atoms with Crippen LogP contribution in [0.15, 0.2) is 78.9 Å². The second-order valence-electron chi connectivity index (χ2n) is 5.64. The van der Waals surface area contributed by atoms with Gasteiger partial charge in [-0.05, 0) is 40.8 Å². The number of hydrogen-bond acceptors (Lipinski definition) is 1. The number of rotatable bonds is 6. The van der Waals surface area contributed by atoms with Crippen LogP contribution in [0.1, 0.15) is 19.8 Å². The Hall–Kier alpha value is -2.76. The molecule has 3 radical (unpaired) electrons. The van der Waals surface area contributed by atoms with E-state index in [1.807, 2.05) is 0 Å². The van der Waals surface area contributed by atoms with E-state index in [0.717, 1.165) is 25.2 Å². The molecule has 0 aliphatic carbocycles. The third-order valence-corrected chi connectivity index (χ3v) is 3.94. The molecule has 0 aliphatic heterocycles. The molecule has 1 nitrogen and oxygen atoms in total. The van der Waals surface area contributed by atoms with Crippen molar-refractivity contribution in [3.63, 3.8) is 0 Å². The summed E-state index contributed by atoms with van der Waals surface area (Å²) in [6, 6.07) is 27.5. The average Bonchev–Trinajstić information content (AvgIpc) is 2.63. The maximum absolute atomic E-state index is 5.75. The molecule has 0 aromatic heterocycles. The Kier molecular flexibility index (Phi) is 16.4. The van der Waals surface area contributed by atoms with Gasteiger partial charge in [0.15, 0.2) is 0 Å². The Morgan fingerprint density at radius 1 is 0.607 bits per heavy atom. The fourth-order valence-corrected chi connectivity index (χ4v) is 2.67. The second-order valence-corrected chi connectivity index (χ2v) is 5.64. The van der Waals surface area contributed by atoms with Crippen molar-refractivity contribution in [2.24, 2.45) is 0 Å². The van der Waals surface area contributed by atoms with E-state index >= 15 is 0 Å². The normalized spacial score (nSPS) is 8.61. The van der Waals surface area contributed by atoms with E-state index in [1.165, 1.54) is 22.3 Å². The molecule has 0 saturated carbocycles. The zero-order valence-corrected chi connectivity index (χ0v) is 15.7. The summed E-state index contributed by atoms with van der Waals surface area (Å²) in [6.45, 7) is 2.96. The van der Waals surface area contributed by atoms with Gasteiger partial charge in [-0.2, -0.15) is 0 Å². The summed E-state index contributed by atoms with van der Waals surface area (Å²) in [5.41, 5.74) is 4.96. The predicted octanol–water partition coefficient (Wildman–Crippen LogP) is 6.43. The molecule has 0 aliphatic rings. The summed E-state index contributed by atoms with van der Waals surface area (Å²) in [6.07, 6.45) is 2.25. The summed E-state index contributed by atoms with van der Waals surface area (Å²) >= 11 is 0. The molecule has 0 unspecified atom stereocenters. The van der Waals surface area contributed by atoms with Crippen molar-refractivity contribution in [3.05, 3.63) is 78.9 Å². The third-order valence-electron chi connectivity index (χ3n) is 3.94. The van der Waals surface area contributed by atoms with E-state index in [0.29, 0.717) is 0 Å². The standard InChI is InChI=1S/C22H22O.B.4FH/c1-2-3-17-23-20-15-13-19(14-16-20)22-12-8-7-11-21(22)18-9-5-4-6-10-18;;;;;/h4-16H,2-3,17H2,1H3;;4*1H. The van der Waals surface area contributed by atoms with Crippen LogP contribution in [-0.2, 0) is 0 Å². The molecule has 0 saturated heterocycles. The molecular formula is C22H26BF4O. The molecule has 0 bridgehead atoms. The molecule has 0 amide bonds. The van der Waals surface area contributed by atoms with Crippen molar-refractivity contribution >= 4 is 8.41 Å². The topological polar surface area (TPSA) is 9.23 Å². The lowest BCUT2D eigenvalue weighted by Gasteiger charge is -2.11. The highest BCUT2D eigenvalue weighted by atomic mass is 19.0. The number of ether oxygens (including phenoxy) is 1. The Balaban J connectivity index is -0.00000125. The minimum Gasteiger partial charge on any atom is -0.494 e. The van der Waals surface area contributed by atoms with Gasteiger partial charge in [-0.3, -0.25) is 18.8 Å². The molecule has 3 aromatic rings. The SMILES string of the molecule is CCCCOc1ccc(-c2ccccc2-c2ccccc2)cc1.F.F.F.F.[B]. The number of hydrogen-bond donors (Lipinski definition) is 0. The quantitative estimate of drug-likeness (QED) is 0.266. The van der Waals surface area contributed by atoms with Crippen molar-refractivity contribution in [1.29, 1.82) is 0 Å². The number of benzene rings is 3. The molecule has 3 rings (SSSR count). The van der Waals surface area contributed by atoms with Crippen molar-refractivity contribution in [3.8, 4) is 28.0 Å². The minimum atomic E-state index is 0. The van der Waals surface area contributed by atoms with Crippen LogP contribution in [0.25, 0.3) is 22.3 Å². The van der Waals surface area contributed by atoms with Crippen molar-refractivity contribution < 1.29 is 23.6 Å². The van der Waals surface area contributed by atoms with Crippen LogP contribution in [0, 0.1) is 0 Å². The third kappa shape index (κ3) is 7.47. The monoisotopic (exact) mass is 393 g/mol. The lowest BCUT2D eigenvalue weighted by atomic mass is 9.95. The van der Waals surface area contributed by atoms with Gasteiger partial charge in [-0.25, -0.2) is 0 Å². The Morgan fingerprint density at radius 2 is 1.07 bits per heavy atom. The van der Waals surface area contributed by atoms with Crippen LogP contribution < -0.4 is 4.74 Å². The summed E-state index contributed by atoms with van der Waals surface area (Å²) in [5, 5.41) is 0. The van der Waals surface area contributed by atoms with Crippen LogP contribution in [-0.4, -0.2) is 15.0 Å². The number of unbranched alkanes of at least 4 members (excludes halogenated alkanes) is 1. The van der Waals surface area contributed by atoms with E-state index in [4.69, 9.17) is 4.74 Å². The van der Waals surface area contributed by atoms with E-state index in [9.17, 15) is 0 Å². The molecule has 28 heavy (non-hydrogen) atoms. The summed E-state index contributed by atoms with van der Waals surface area (Å²) in [5.74, 6) is 0.944. The molecule has 0 N–H and O–H groups in total. The van der Waals surface area contributed by atoms with Gasteiger partial charge in [0.05, 0.1) is 6.61 Å². The van der Waals surface area contributed by atoms with Crippen LogP contribution in [0.5, 0.6) is 5.75 Å². The van der Waals surface area contributed by atoms with Gasteiger partial charge in [0, 0.05) is 8.41 Å². The molecule has 0 fully saturated rings. The Bertz CT molecular complexity index is 752. The van der Waals surface area contributed by atoms with Crippen molar-refractivity contribution in [2.75, 3.05) is 6.61 Å². The first-order valence-corrected chi connectivity index (χ1v) is 8.26. The Morgan fingerprint density at radius 3 is 1.57 bits per heavy atom. The first kappa shape index (κ1) is 30.0. The van der Waals surface area contributed by atoms with Crippen LogP contribution in [0.4, 0.5) is 18.8 Å². The minimum absolute atomic E-state index is 0. The van der Waals surface area contributed by atoms with Gasteiger partial charge in [-0.15, -0.1) is 0 Å². The first-order chi connectivity index (χ1) is 11.4. The van der Waals surface area contributed by atoms with Gasteiger partial charge >= 0.3 is 0 Å². The van der Waals surface area contributed by atoms with Crippen LogP contribution >= 0.6 is 0 Å². The highest BCUT2D eigenvalue weighted by Crippen LogP contribution is 2.32. The maximum atomic E-state index is 5.75. The maximum Gasteiger partial charge on any atom is 0.119 e. The van der Waals surface area contributed by atoms with Gasteiger partial charge in [0.25, 0.3) is 0 Å². The largest absolute Gasteiger partial charge is 0.494 e. The van der Waals surface area contributed by atoms with E-state index in [-0.39, 0.29) is 27.2 Å². The summed E-state index contributed by atoms with van der Waals surface area (Å²) in [7, 11) is 0. The smallest absolute Gasteiger partial charge is 0.119 e. The van der Waals surface area contributed by atoms with Gasteiger partial charge in [-0.1, -0.05) is 80.1 Å². The Labute approximate surface area is 165 Å². The molecule has 151 valence electrons. The van der Waals surface area contributed by atoms with Crippen LogP contribution in [0.3, 0.4) is 0 Å². The van der Waals surface area contributed by atoms with Gasteiger partial charge < -0.3 is 4.74 Å². The zero-order chi connectivity index (χ0) is 15.9. The van der Waals surface area contributed by atoms with E-state index in [1.54, 1.807) is 0 Å². The summed E-state index contributed by atoms with van der Waals surface area (Å²) < 4.78 is 5.75. The lowest BCUT2D eigenvalue weighted by molar-refractivity contribution is 0.309. The lowest BCUT2D eigenvalue weighted by Crippen LogP contribution is -1.96. The highest BCUT2D eigenvalue weighted by Gasteiger charge is 2.06. The molecule has 0 spiro atoms. The van der Waals surface area contributed by atoms with Crippen LogP contribution in [0.2, 0.25) is 0 Å². The first-order valence-electron chi connectivity index (χ1n) is 8.26. The van der Waals surface area contributed by atoms with Crippen molar-refractivity contribution in [2.45, 2.75) is 19.8 Å². The zero-order valence-electron chi connectivity index (χ0n) is 15.7.